The molecule has 8 heteroatoms. The van der Waals surface area contributed by atoms with E-state index in [1.807, 2.05) is 0 Å². The number of aryl methyl sites for hydroxylation is 1. The largest absolute Gasteiger partial charge is 0.493 e. The predicted molar refractivity (Wildman–Crippen MR) is 76.0 cm³/mol. The van der Waals surface area contributed by atoms with E-state index in [0.29, 0.717) is 5.69 Å². The van der Waals surface area contributed by atoms with Crippen molar-refractivity contribution in [1.29, 1.82) is 5.41 Å². The number of hydrogen-bond donors (Lipinski definition) is 2. The molecule has 0 radical (unpaired) electrons. The summed E-state index contributed by atoms with van der Waals surface area (Å²) in [5, 5.41) is 21.4. The van der Waals surface area contributed by atoms with Gasteiger partial charge in [0, 0.05) is 19.0 Å². The second-order valence-electron chi connectivity index (χ2n) is 4.98. The monoisotopic (exact) mass is 291 g/mol. The quantitative estimate of drug-likeness (QED) is 0.774. The Kier molecular flexibility index (Phi) is 3.79. The van der Waals surface area contributed by atoms with E-state index in [1.165, 1.54) is 35.6 Å². The van der Waals surface area contributed by atoms with Gasteiger partial charge < -0.3 is 10.5 Å². The second-order valence-corrected chi connectivity index (χ2v) is 4.98. The van der Waals surface area contributed by atoms with Crippen LogP contribution in [0.5, 0.6) is 5.88 Å². The van der Waals surface area contributed by atoms with E-state index < -0.39 is 11.6 Å². The topological polar surface area (TPSA) is 106 Å². The number of aromatic nitrogens is 4. The van der Waals surface area contributed by atoms with E-state index in [1.54, 1.807) is 13.1 Å². The smallest absolute Gasteiger partial charge is 0.335 e. The van der Waals surface area contributed by atoms with Gasteiger partial charge in [0.15, 0.2) is 0 Å². The summed E-state index contributed by atoms with van der Waals surface area (Å²) in [6, 6.07) is 0. The van der Waals surface area contributed by atoms with Crippen molar-refractivity contribution in [3.05, 3.63) is 29.1 Å². The van der Waals surface area contributed by atoms with Gasteiger partial charge in [-0.3, -0.25) is 14.0 Å². The molecule has 0 bridgehead atoms. The van der Waals surface area contributed by atoms with Crippen molar-refractivity contribution in [2.75, 3.05) is 0 Å². The molecule has 112 valence electrons. The fraction of sp³-hybridized carbons (Fsp3) is 0.385. The number of imidazole rings is 1. The highest BCUT2D eigenvalue weighted by Gasteiger charge is 2.19. The Bertz CT molecular complexity index is 738. The summed E-state index contributed by atoms with van der Waals surface area (Å²) in [7, 11) is 1.53. The van der Waals surface area contributed by atoms with E-state index in [-0.39, 0.29) is 23.9 Å². The van der Waals surface area contributed by atoms with Crippen molar-refractivity contribution in [3.8, 4) is 11.6 Å². The Labute approximate surface area is 120 Å². The van der Waals surface area contributed by atoms with Gasteiger partial charge in [-0.1, -0.05) is 0 Å². The van der Waals surface area contributed by atoms with Gasteiger partial charge in [-0.25, -0.2) is 9.36 Å². The maximum absolute atomic E-state index is 11.9. The fourth-order valence-corrected chi connectivity index (χ4v) is 2.11. The fourth-order valence-electron chi connectivity index (χ4n) is 2.11. The minimum Gasteiger partial charge on any atom is -0.493 e. The van der Waals surface area contributed by atoms with Crippen molar-refractivity contribution in [3.63, 3.8) is 0 Å². The Morgan fingerprint density at radius 1 is 1.43 bits per heavy atom. The number of Topliss-reactive ketones (excluding diaryl/α,β-unsaturated/α-hetero) is 1. The van der Waals surface area contributed by atoms with Crippen LogP contribution in [0.15, 0.2) is 23.4 Å². The molecule has 0 aliphatic carbocycles. The molecule has 0 amide bonds. The van der Waals surface area contributed by atoms with Gasteiger partial charge in [-0.05, 0) is 13.8 Å². The molecule has 0 aliphatic heterocycles. The van der Waals surface area contributed by atoms with Crippen LogP contribution in [0.1, 0.15) is 13.8 Å². The van der Waals surface area contributed by atoms with Gasteiger partial charge in [0.1, 0.15) is 5.78 Å². The van der Waals surface area contributed by atoms with Gasteiger partial charge >= 0.3 is 5.69 Å². The highest BCUT2D eigenvalue weighted by Crippen LogP contribution is 2.14. The lowest BCUT2D eigenvalue weighted by molar-refractivity contribution is -0.119. The summed E-state index contributed by atoms with van der Waals surface area (Å²) < 4.78 is 3.86. The Balaban J connectivity index is 2.32. The number of ketones is 1. The molecule has 8 nitrogen and oxygen atoms in total. The van der Waals surface area contributed by atoms with Crippen LogP contribution in [-0.2, 0) is 18.4 Å². The zero-order chi connectivity index (χ0) is 15.7. The van der Waals surface area contributed by atoms with Gasteiger partial charge in [0.05, 0.1) is 30.5 Å². The van der Waals surface area contributed by atoms with E-state index >= 15 is 0 Å². The zero-order valence-corrected chi connectivity index (χ0v) is 12.1. The number of hydrogen-bond acceptors (Lipinski definition) is 5. The number of aromatic hydroxyl groups is 1. The van der Waals surface area contributed by atoms with Crippen LogP contribution in [0, 0.1) is 11.3 Å². The number of carbonyl (C=O) groups is 1. The number of rotatable bonds is 5. The first kappa shape index (κ1) is 14.8. The van der Waals surface area contributed by atoms with Gasteiger partial charge in [-0.2, -0.15) is 5.10 Å². The van der Waals surface area contributed by atoms with Crippen molar-refractivity contribution in [1.82, 2.24) is 18.9 Å². The molecule has 0 aliphatic rings. The summed E-state index contributed by atoms with van der Waals surface area (Å²) in [5.74, 6) is -0.841. The Morgan fingerprint density at radius 2 is 2.10 bits per heavy atom. The lowest BCUT2D eigenvalue weighted by Gasteiger charge is -2.11. The van der Waals surface area contributed by atoms with E-state index in [2.05, 4.69) is 5.10 Å². The molecule has 0 saturated heterocycles. The van der Waals surface area contributed by atoms with Crippen LogP contribution >= 0.6 is 0 Å². The Morgan fingerprint density at radius 3 is 2.57 bits per heavy atom. The summed E-state index contributed by atoms with van der Waals surface area (Å²) in [4.78, 5) is 23.4. The molecule has 0 saturated carbocycles. The number of nitrogens with zero attached hydrogens (tertiary/aromatic N) is 4. The van der Waals surface area contributed by atoms with Crippen molar-refractivity contribution < 1.29 is 9.90 Å². The third-order valence-electron chi connectivity index (χ3n) is 3.29. The first-order chi connectivity index (χ1) is 9.81. The van der Waals surface area contributed by atoms with Crippen molar-refractivity contribution >= 4 is 11.5 Å². The molecule has 2 N–H and O–H groups in total. The third kappa shape index (κ3) is 2.78. The van der Waals surface area contributed by atoms with Crippen LogP contribution in [0.4, 0.5) is 0 Å². The van der Waals surface area contributed by atoms with Gasteiger partial charge in [0.25, 0.3) is 0 Å². The normalized spacial score (nSPS) is 12.3. The summed E-state index contributed by atoms with van der Waals surface area (Å²) in [6.45, 7) is 3.23. The molecule has 2 aromatic rings. The molecular formula is C13H17N5O3. The molecule has 21 heavy (non-hydrogen) atoms. The van der Waals surface area contributed by atoms with E-state index in [0.717, 1.165) is 4.57 Å². The average Bonchev–Trinajstić information content (AvgIpc) is 2.92. The average molecular weight is 291 g/mol. The molecule has 0 aromatic carbocycles. The van der Waals surface area contributed by atoms with Crippen LogP contribution in [0.2, 0.25) is 0 Å². The summed E-state index contributed by atoms with van der Waals surface area (Å²) >= 11 is 0. The van der Waals surface area contributed by atoms with Crippen LogP contribution in [0.25, 0.3) is 5.69 Å². The summed E-state index contributed by atoms with van der Waals surface area (Å²) in [5.41, 5.74) is 0.278. The van der Waals surface area contributed by atoms with Crippen LogP contribution < -0.4 is 5.69 Å². The molecule has 2 heterocycles. The molecule has 1 atom stereocenters. The molecule has 0 spiro atoms. The highest BCUT2D eigenvalue weighted by molar-refractivity contribution is 6.01. The van der Waals surface area contributed by atoms with Crippen LogP contribution in [-0.4, -0.2) is 35.5 Å². The molecule has 1 unspecified atom stereocenters. The summed E-state index contributed by atoms with van der Waals surface area (Å²) in [6.07, 6.45) is 4.29. The molecule has 2 aromatic heterocycles. The van der Waals surface area contributed by atoms with Gasteiger partial charge in [-0.15, -0.1) is 0 Å². The lowest BCUT2D eigenvalue weighted by Crippen LogP contribution is -2.24. The second kappa shape index (κ2) is 5.39. The third-order valence-corrected chi connectivity index (χ3v) is 3.29. The molecular weight excluding hydrogens is 274 g/mol. The van der Waals surface area contributed by atoms with Crippen molar-refractivity contribution in [2.45, 2.75) is 20.4 Å². The highest BCUT2D eigenvalue weighted by atomic mass is 16.3. The minimum absolute atomic E-state index is 0.112. The molecule has 2 rings (SSSR count). The maximum atomic E-state index is 11.9. The standard InChI is InChI=1S/C13H17N5O3/c1-8(14)11(9(2)19)6-17-5-10(4-15-17)18-12(20)7-16(3)13(18)21/h4-5,7,11,14,20H,6H2,1-3H3. The number of nitrogens with one attached hydrogen (secondary N) is 1. The van der Waals surface area contributed by atoms with Crippen LogP contribution in [0.3, 0.4) is 0 Å². The zero-order valence-electron chi connectivity index (χ0n) is 12.1. The maximum Gasteiger partial charge on any atom is 0.335 e. The van der Waals surface area contributed by atoms with Gasteiger partial charge in [0.2, 0.25) is 5.88 Å². The van der Waals surface area contributed by atoms with E-state index in [4.69, 9.17) is 5.41 Å². The van der Waals surface area contributed by atoms with E-state index in [9.17, 15) is 14.7 Å². The SMILES string of the molecule is CC(=N)C(Cn1cc(-n2c(O)cn(C)c2=O)cn1)C(C)=O. The van der Waals surface area contributed by atoms with Crippen molar-refractivity contribution in [2.24, 2.45) is 13.0 Å². The molecule has 0 fully saturated rings. The lowest BCUT2D eigenvalue weighted by atomic mass is 10.0. The minimum atomic E-state index is -0.543. The number of carbonyl (C=O) groups excluding carboxylic acids is 1. The predicted octanol–water partition coefficient (Wildman–Crippen LogP) is 0.323. The Hall–Kier alpha value is -2.64. The first-order valence-corrected chi connectivity index (χ1v) is 6.37. The first-order valence-electron chi connectivity index (χ1n) is 6.37.